The molecule has 4 nitrogen and oxygen atoms in total. The first-order valence-electron chi connectivity index (χ1n) is 6.74. The SMILES string of the molecule is CCOC(OCC)[SiH2]C[SiH2]C(OCC)OCC. The van der Waals surface area contributed by atoms with Gasteiger partial charge in [0.05, 0.1) is 19.0 Å². The van der Waals surface area contributed by atoms with Crippen LogP contribution in [0.1, 0.15) is 27.7 Å². The van der Waals surface area contributed by atoms with Crippen LogP contribution in [0.25, 0.3) is 0 Å². The molecule has 0 radical (unpaired) electrons. The predicted molar refractivity (Wildman–Crippen MR) is 76.0 cm³/mol. The van der Waals surface area contributed by atoms with E-state index in [9.17, 15) is 0 Å². The molecule has 0 aromatic carbocycles. The van der Waals surface area contributed by atoms with E-state index >= 15 is 0 Å². The Hall–Kier alpha value is 0.274. The summed E-state index contributed by atoms with van der Waals surface area (Å²) in [5, 5.41) is 0. The van der Waals surface area contributed by atoms with Crippen molar-refractivity contribution in [2.75, 3.05) is 26.4 Å². The molecule has 0 heterocycles. The van der Waals surface area contributed by atoms with Crippen LogP contribution in [0, 0.1) is 0 Å². The Kier molecular flexibility index (Phi) is 12.9. The van der Waals surface area contributed by atoms with Crippen LogP contribution in [0.4, 0.5) is 0 Å². The van der Waals surface area contributed by atoms with Gasteiger partial charge in [0, 0.05) is 26.4 Å². The van der Waals surface area contributed by atoms with Gasteiger partial charge >= 0.3 is 0 Å². The van der Waals surface area contributed by atoms with Crippen molar-refractivity contribution in [2.24, 2.45) is 0 Å². The van der Waals surface area contributed by atoms with E-state index in [0.717, 1.165) is 26.4 Å². The monoisotopic (exact) mass is 280 g/mol. The molecule has 104 valence electrons. The first kappa shape index (κ1) is 17.3. The molecule has 0 unspecified atom stereocenters. The Morgan fingerprint density at radius 3 is 1.18 bits per heavy atom. The van der Waals surface area contributed by atoms with Crippen LogP contribution in [-0.4, -0.2) is 57.3 Å². The van der Waals surface area contributed by atoms with Crippen molar-refractivity contribution in [3.8, 4) is 0 Å². The molecular formula is C11H28O4Si2. The summed E-state index contributed by atoms with van der Waals surface area (Å²) in [6, 6.07) is 0. The molecule has 0 amide bonds. The minimum absolute atomic E-state index is 0.0846. The zero-order valence-electron chi connectivity index (χ0n) is 11.7. The van der Waals surface area contributed by atoms with Crippen LogP contribution in [-0.2, 0) is 18.9 Å². The van der Waals surface area contributed by atoms with Crippen molar-refractivity contribution >= 4 is 19.0 Å². The summed E-state index contributed by atoms with van der Waals surface area (Å²) in [7, 11) is -0.632. The predicted octanol–water partition coefficient (Wildman–Crippen LogP) is 0.413. The molecular weight excluding hydrogens is 252 g/mol. The van der Waals surface area contributed by atoms with Crippen molar-refractivity contribution in [1.82, 2.24) is 0 Å². The Balaban J connectivity index is 3.73. The van der Waals surface area contributed by atoms with Crippen molar-refractivity contribution in [3.05, 3.63) is 0 Å². The fourth-order valence-electron chi connectivity index (χ4n) is 1.62. The van der Waals surface area contributed by atoms with E-state index in [2.05, 4.69) is 0 Å². The smallest absolute Gasteiger partial charge is 0.134 e. The average molecular weight is 281 g/mol. The van der Waals surface area contributed by atoms with Gasteiger partial charge < -0.3 is 18.9 Å². The van der Waals surface area contributed by atoms with E-state index in [4.69, 9.17) is 18.9 Å². The van der Waals surface area contributed by atoms with E-state index < -0.39 is 0 Å². The largest absolute Gasteiger partial charge is 0.357 e. The average Bonchev–Trinajstić information content (AvgIpc) is 2.30. The third-order valence-electron chi connectivity index (χ3n) is 2.29. The summed E-state index contributed by atoms with van der Waals surface area (Å²) < 4.78 is 22.3. The lowest BCUT2D eigenvalue weighted by atomic mass is 10.8. The van der Waals surface area contributed by atoms with Crippen LogP contribution in [0.2, 0.25) is 5.67 Å². The van der Waals surface area contributed by atoms with Crippen molar-refractivity contribution in [2.45, 2.75) is 45.2 Å². The second-order valence-corrected chi connectivity index (χ2v) is 8.93. The third-order valence-corrected chi connectivity index (χ3v) is 7.44. The summed E-state index contributed by atoms with van der Waals surface area (Å²) in [6.07, 6.45) is 0. The minimum atomic E-state index is -0.316. The molecule has 6 heteroatoms. The van der Waals surface area contributed by atoms with Gasteiger partial charge in [-0.1, -0.05) is 5.67 Å². The van der Waals surface area contributed by atoms with Gasteiger partial charge in [0.1, 0.15) is 11.8 Å². The zero-order chi connectivity index (χ0) is 12.9. The summed E-state index contributed by atoms with van der Waals surface area (Å²) in [5.74, 6) is 0.169. The fourth-order valence-corrected chi connectivity index (χ4v) is 6.84. The van der Waals surface area contributed by atoms with Crippen molar-refractivity contribution in [1.29, 1.82) is 0 Å². The highest BCUT2D eigenvalue weighted by atomic mass is 28.3. The van der Waals surface area contributed by atoms with Gasteiger partial charge in [0.15, 0.2) is 0 Å². The van der Waals surface area contributed by atoms with Gasteiger partial charge in [-0.3, -0.25) is 0 Å². The standard InChI is InChI=1S/C11H28O4Si2/c1-5-12-10(13-6-2)16-9-17-11(14-7-3)15-8-4/h10-11H,5-9,16-17H2,1-4H3. The summed E-state index contributed by atoms with van der Waals surface area (Å²) in [5.41, 5.74) is 1.26. The normalized spacial score (nSPS) is 13.1. The zero-order valence-corrected chi connectivity index (χ0v) is 14.6. The maximum atomic E-state index is 5.56. The minimum Gasteiger partial charge on any atom is -0.357 e. The molecule has 0 spiro atoms. The van der Waals surface area contributed by atoms with Gasteiger partial charge in [-0.05, 0) is 27.7 Å². The Morgan fingerprint density at radius 1 is 0.647 bits per heavy atom. The molecule has 0 rings (SSSR count). The molecule has 0 aromatic rings. The highest BCUT2D eigenvalue weighted by Crippen LogP contribution is 2.00. The maximum Gasteiger partial charge on any atom is 0.134 e. The van der Waals surface area contributed by atoms with Gasteiger partial charge in [0.2, 0.25) is 0 Å². The second-order valence-electron chi connectivity index (χ2n) is 3.61. The Morgan fingerprint density at radius 2 is 0.941 bits per heavy atom. The first-order chi connectivity index (χ1) is 8.28. The highest BCUT2D eigenvalue weighted by molar-refractivity contribution is 6.56. The van der Waals surface area contributed by atoms with Gasteiger partial charge in [-0.15, -0.1) is 0 Å². The summed E-state index contributed by atoms with van der Waals surface area (Å²) >= 11 is 0. The molecule has 0 saturated heterocycles. The quantitative estimate of drug-likeness (QED) is 0.383. The second kappa shape index (κ2) is 12.7. The van der Waals surface area contributed by atoms with E-state index in [1.165, 1.54) is 5.67 Å². The van der Waals surface area contributed by atoms with Gasteiger partial charge in [0.25, 0.3) is 0 Å². The highest BCUT2D eigenvalue weighted by Gasteiger charge is 2.13. The molecule has 0 atom stereocenters. The molecule has 0 aliphatic rings. The molecule has 0 aliphatic heterocycles. The fraction of sp³-hybridized carbons (Fsp3) is 1.00. The van der Waals surface area contributed by atoms with Gasteiger partial charge in [-0.2, -0.15) is 0 Å². The lowest BCUT2D eigenvalue weighted by Crippen LogP contribution is -2.30. The topological polar surface area (TPSA) is 36.9 Å². The number of hydrogen-bond donors (Lipinski definition) is 0. The number of ether oxygens (including phenoxy) is 4. The van der Waals surface area contributed by atoms with Crippen LogP contribution >= 0.6 is 0 Å². The molecule has 0 N–H and O–H groups in total. The first-order valence-corrected chi connectivity index (χ1v) is 10.4. The van der Waals surface area contributed by atoms with Crippen LogP contribution in [0.3, 0.4) is 0 Å². The summed E-state index contributed by atoms with van der Waals surface area (Å²) in [6.45, 7) is 11.0. The molecule has 0 aromatic heterocycles. The third kappa shape index (κ3) is 9.93. The maximum absolute atomic E-state index is 5.56. The lowest BCUT2D eigenvalue weighted by molar-refractivity contribution is -0.0845. The lowest BCUT2D eigenvalue weighted by Gasteiger charge is -2.19. The van der Waals surface area contributed by atoms with E-state index in [-0.39, 0.29) is 30.9 Å². The summed E-state index contributed by atoms with van der Waals surface area (Å²) in [4.78, 5) is 0. The number of rotatable bonds is 12. The van der Waals surface area contributed by atoms with Crippen LogP contribution < -0.4 is 0 Å². The molecule has 17 heavy (non-hydrogen) atoms. The molecule has 0 bridgehead atoms. The van der Waals surface area contributed by atoms with E-state index in [1.54, 1.807) is 0 Å². The number of hydrogen-bond acceptors (Lipinski definition) is 4. The van der Waals surface area contributed by atoms with Crippen molar-refractivity contribution < 1.29 is 18.9 Å². The van der Waals surface area contributed by atoms with E-state index in [1.807, 2.05) is 27.7 Å². The van der Waals surface area contributed by atoms with Crippen LogP contribution in [0.15, 0.2) is 0 Å². The molecule has 0 fully saturated rings. The Bertz CT molecular complexity index is 132. The van der Waals surface area contributed by atoms with Crippen molar-refractivity contribution in [3.63, 3.8) is 0 Å². The van der Waals surface area contributed by atoms with Gasteiger partial charge in [-0.25, -0.2) is 0 Å². The van der Waals surface area contributed by atoms with E-state index in [0.29, 0.717) is 0 Å². The molecule has 0 saturated carbocycles. The van der Waals surface area contributed by atoms with Crippen LogP contribution in [0.5, 0.6) is 0 Å². The Labute approximate surface area is 110 Å². The molecule has 0 aliphatic carbocycles.